The van der Waals surface area contributed by atoms with Crippen molar-refractivity contribution in [1.29, 1.82) is 0 Å². The van der Waals surface area contributed by atoms with Gasteiger partial charge in [-0.15, -0.1) is 0 Å². The maximum Gasteiger partial charge on any atom is 0.317 e. The molecule has 2 aliphatic rings. The van der Waals surface area contributed by atoms with Crippen molar-refractivity contribution in [3.63, 3.8) is 0 Å². The Morgan fingerprint density at radius 1 is 1.06 bits per heavy atom. The average molecular weight is 480 g/mol. The number of urea groups is 1. The zero-order valence-electron chi connectivity index (χ0n) is 19.9. The van der Waals surface area contributed by atoms with E-state index in [1.165, 1.54) is 23.8 Å². The minimum absolute atomic E-state index is 0.101. The first kappa shape index (κ1) is 23.2. The number of aromatic nitrogens is 2. The summed E-state index contributed by atoms with van der Waals surface area (Å²) in [5.41, 5.74) is 3.53. The lowest BCUT2D eigenvalue weighted by molar-refractivity contribution is 0.168. The van der Waals surface area contributed by atoms with Crippen molar-refractivity contribution in [3.05, 3.63) is 59.5 Å². The first-order valence-corrected chi connectivity index (χ1v) is 13.0. The molecule has 2 aromatic heterocycles. The number of carbonyl (C=O) groups is 1. The third-order valence-corrected chi connectivity index (χ3v) is 7.91. The van der Waals surface area contributed by atoms with Gasteiger partial charge in [0.25, 0.3) is 0 Å². The molecule has 0 atom stereocenters. The molecule has 0 radical (unpaired) electrons. The molecule has 2 fully saturated rings. The van der Waals surface area contributed by atoms with Gasteiger partial charge in [-0.1, -0.05) is 18.5 Å². The molecular formula is C27H34ClN5O. The number of piperidine rings is 2. The number of amides is 2. The van der Waals surface area contributed by atoms with Crippen molar-refractivity contribution >= 4 is 28.5 Å². The van der Waals surface area contributed by atoms with E-state index in [4.69, 9.17) is 11.6 Å². The average Bonchev–Trinajstić information content (AvgIpc) is 3.28. The Labute approximate surface area is 206 Å². The summed E-state index contributed by atoms with van der Waals surface area (Å²) in [6, 6.07) is 10.1. The molecule has 5 rings (SSSR count). The van der Waals surface area contributed by atoms with E-state index in [-0.39, 0.29) is 6.03 Å². The van der Waals surface area contributed by atoms with Gasteiger partial charge in [0.1, 0.15) is 0 Å². The first-order valence-electron chi connectivity index (χ1n) is 12.6. The topological polar surface area (TPSA) is 53.4 Å². The molecule has 0 spiro atoms. The summed E-state index contributed by atoms with van der Waals surface area (Å²) >= 11 is 6.10. The van der Waals surface area contributed by atoms with Crippen LogP contribution in [0.5, 0.6) is 0 Å². The second kappa shape index (κ2) is 10.4. The summed E-state index contributed by atoms with van der Waals surface area (Å²) in [5.74, 6) is 1.04. The Morgan fingerprint density at radius 2 is 1.79 bits per heavy atom. The highest BCUT2D eigenvalue weighted by Gasteiger charge is 2.27. The summed E-state index contributed by atoms with van der Waals surface area (Å²) in [5, 5.41) is 5.19. The van der Waals surface area contributed by atoms with Gasteiger partial charge in [0.05, 0.1) is 11.7 Å². The number of pyridine rings is 1. The lowest BCUT2D eigenvalue weighted by Crippen LogP contribution is -2.46. The fraction of sp³-hybridized carbons (Fsp3) is 0.481. The highest BCUT2D eigenvalue weighted by atomic mass is 35.5. The van der Waals surface area contributed by atoms with Gasteiger partial charge in [0.2, 0.25) is 0 Å². The quantitative estimate of drug-likeness (QED) is 0.540. The van der Waals surface area contributed by atoms with Gasteiger partial charge in [-0.25, -0.2) is 4.79 Å². The van der Waals surface area contributed by atoms with E-state index in [1.54, 1.807) is 0 Å². The standard InChI is InChI=1S/C27H34ClN5O/c1-2-31-13-8-20(9-14-31)17-30-27(34)32-15-10-21(11-16-32)25-19-33(23-5-3-22(28)4-6-23)26-18-29-12-7-24(25)26/h3-7,12,18-21H,2,8-11,13-17H2,1H3,(H,30,34). The molecule has 34 heavy (non-hydrogen) atoms. The third kappa shape index (κ3) is 4.93. The van der Waals surface area contributed by atoms with Crippen LogP contribution in [0, 0.1) is 5.92 Å². The third-order valence-electron chi connectivity index (χ3n) is 7.66. The number of likely N-dealkylation sites (tertiary alicyclic amines) is 2. The molecule has 0 unspecified atom stereocenters. The Kier molecular flexibility index (Phi) is 7.07. The van der Waals surface area contributed by atoms with Gasteiger partial charge in [-0.05, 0) is 93.0 Å². The molecule has 7 heteroatoms. The van der Waals surface area contributed by atoms with E-state index < -0.39 is 0 Å². The van der Waals surface area contributed by atoms with Crippen molar-refractivity contribution in [2.45, 2.75) is 38.5 Å². The van der Waals surface area contributed by atoms with E-state index in [1.807, 2.05) is 41.6 Å². The van der Waals surface area contributed by atoms with Crippen LogP contribution in [0.2, 0.25) is 5.02 Å². The van der Waals surface area contributed by atoms with Gasteiger partial charge >= 0.3 is 6.03 Å². The largest absolute Gasteiger partial charge is 0.338 e. The van der Waals surface area contributed by atoms with Gasteiger partial charge in [-0.3, -0.25) is 4.98 Å². The molecule has 0 aliphatic carbocycles. The lowest BCUT2D eigenvalue weighted by atomic mass is 9.89. The fourth-order valence-corrected chi connectivity index (χ4v) is 5.61. The summed E-state index contributed by atoms with van der Waals surface area (Å²) in [7, 11) is 0. The lowest BCUT2D eigenvalue weighted by Gasteiger charge is -2.34. The Balaban J connectivity index is 1.21. The van der Waals surface area contributed by atoms with Gasteiger partial charge in [-0.2, -0.15) is 0 Å². The highest BCUT2D eigenvalue weighted by molar-refractivity contribution is 6.30. The molecule has 2 saturated heterocycles. The van der Waals surface area contributed by atoms with Crippen molar-refractivity contribution < 1.29 is 4.79 Å². The zero-order valence-corrected chi connectivity index (χ0v) is 20.7. The van der Waals surface area contributed by atoms with E-state index in [9.17, 15) is 4.79 Å². The van der Waals surface area contributed by atoms with Crippen molar-refractivity contribution in [2.75, 3.05) is 39.3 Å². The minimum atomic E-state index is 0.101. The minimum Gasteiger partial charge on any atom is -0.338 e. The van der Waals surface area contributed by atoms with Crippen molar-refractivity contribution in [3.8, 4) is 5.69 Å². The number of carbonyl (C=O) groups excluding carboxylic acids is 1. The molecule has 6 nitrogen and oxygen atoms in total. The second-order valence-electron chi connectivity index (χ2n) is 9.65. The maximum absolute atomic E-state index is 12.8. The zero-order chi connectivity index (χ0) is 23.5. The summed E-state index contributed by atoms with van der Waals surface area (Å²) < 4.78 is 2.21. The molecule has 4 heterocycles. The van der Waals surface area contributed by atoms with Crippen LogP contribution in [0.1, 0.15) is 44.1 Å². The number of benzene rings is 1. The van der Waals surface area contributed by atoms with E-state index in [0.717, 1.165) is 68.3 Å². The predicted molar refractivity (Wildman–Crippen MR) is 138 cm³/mol. The Bertz CT molecular complexity index is 1110. The van der Waals surface area contributed by atoms with E-state index in [0.29, 0.717) is 11.8 Å². The monoisotopic (exact) mass is 479 g/mol. The number of nitrogens with zero attached hydrogens (tertiary/aromatic N) is 4. The van der Waals surface area contributed by atoms with Crippen LogP contribution >= 0.6 is 11.6 Å². The van der Waals surface area contributed by atoms with Crippen LogP contribution in [-0.4, -0.2) is 64.7 Å². The summed E-state index contributed by atoms with van der Waals surface area (Å²) in [6.07, 6.45) is 10.4. The second-order valence-corrected chi connectivity index (χ2v) is 10.1. The molecule has 2 aliphatic heterocycles. The van der Waals surface area contributed by atoms with Crippen LogP contribution in [0.15, 0.2) is 48.9 Å². The summed E-state index contributed by atoms with van der Waals surface area (Å²) in [6.45, 7) is 8.05. The van der Waals surface area contributed by atoms with Crippen LogP contribution in [0.25, 0.3) is 16.6 Å². The normalized spacial score (nSPS) is 18.5. The van der Waals surface area contributed by atoms with Gasteiger partial charge < -0.3 is 19.7 Å². The highest BCUT2D eigenvalue weighted by Crippen LogP contribution is 2.35. The molecule has 3 aromatic rings. The van der Waals surface area contributed by atoms with Gasteiger partial charge in [0.15, 0.2) is 0 Å². The van der Waals surface area contributed by atoms with Crippen LogP contribution < -0.4 is 5.32 Å². The van der Waals surface area contributed by atoms with E-state index >= 15 is 0 Å². The number of hydrogen-bond acceptors (Lipinski definition) is 3. The summed E-state index contributed by atoms with van der Waals surface area (Å²) in [4.78, 5) is 21.7. The van der Waals surface area contributed by atoms with Crippen LogP contribution in [-0.2, 0) is 0 Å². The molecular weight excluding hydrogens is 446 g/mol. The van der Waals surface area contributed by atoms with Crippen LogP contribution in [0.4, 0.5) is 4.79 Å². The molecule has 0 bridgehead atoms. The SMILES string of the molecule is CCN1CCC(CNC(=O)N2CCC(c3cn(-c4ccc(Cl)cc4)c4cnccc34)CC2)CC1. The maximum atomic E-state index is 12.8. The Hall–Kier alpha value is -2.57. The number of rotatable bonds is 5. The number of nitrogens with one attached hydrogen (secondary N) is 1. The van der Waals surface area contributed by atoms with Crippen molar-refractivity contribution in [2.24, 2.45) is 5.92 Å². The molecule has 1 aromatic carbocycles. The molecule has 0 saturated carbocycles. The fourth-order valence-electron chi connectivity index (χ4n) is 5.48. The molecule has 2 amide bonds. The molecule has 180 valence electrons. The predicted octanol–water partition coefficient (Wildman–Crippen LogP) is 5.30. The number of hydrogen-bond donors (Lipinski definition) is 1. The van der Waals surface area contributed by atoms with Crippen LogP contribution in [0.3, 0.4) is 0 Å². The van der Waals surface area contributed by atoms with E-state index in [2.05, 4.69) is 39.0 Å². The number of fused-ring (bicyclic) bond motifs is 1. The number of halogens is 1. The molecule has 1 N–H and O–H groups in total. The Morgan fingerprint density at radius 3 is 2.50 bits per heavy atom. The smallest absolute Gasteiger partial charge is 0.317 e. The van der Waals surface area contributed by atoms with Gasteiger partial charge in [0, 0.05) is 48.1 Å². The van der Waals surface area contributed by atoms with Crippen molar-refractivity contribution in [1.82, 2.24) is 24.7 Å². The first-order chi connectivity index (χ1) is 16.6.